The molecule has 2 atom stereocenters. The van der Waals surface area contributed by atoms with E-state index >= 15 is 0 Å². The van der Waals surface area contributed by atoms with Crippen molar-refractivity contribution >= 4 is 54.7 Å². The number of fused-ring (bicyclic) bond motifs is 2. The number of esters is 1. The molecule has 8 aromatic rings. The van der Waals surface area contributed by atoms with Crippen LogP contribution in [0.5, 0.6) is 0 Å². The molecule has 2 heterocycles. The maximum Gasteiger partial charge on any atom is 0.416 e. The number of thiophene rings is 2. The summed E-state index contributed by atoms with van der Waals surface area (Å²) >= 11 is 2.44. The molecule has 0 spiro atoms. The lowest BCUT2D eigenvalue weighted by Gasteiger charge is -2.30. The highest BCUT2D eigenvalue weighted by molar-refractivity contribution is 7.20. The molecule has 0 aliphatic carbocycles. The average molecular weight is 866 g/mol. The van der Waals surface area contributed by atoms with Crippen LogP contribution in [0.4, 0.5) is 26.3 Å². The summed E-state index contributed by atoms with van der Waals surface area (Å²) in [6, 6.07) is 36.9. The minimum Gasteiger partial charge on any atom is -0.445 e. The van der Waals surface area contributed by atoms with Crippen LogP contribution in [-0.4, -0.2) is 17.0 Å². The second kappa shape index (κ2) is 15.3. The van der Waals surface area contributed by atoms with Crippen molar-refractivity contribution < 1.29 is 45.8 Å². The van der Waals surface area contributed by atoms with E-state index in [0.29, 0.717) is 42.1 Å². The average Bonchev–Trinajstić information content (AvgIpc) is 3.90. The number of rotatable bonds is 9. The summed E-state index contributed by atoms with van der Waals surface area (Å²) in [6.45, 7) is 2.98. The first kappa shape index (κ1) is 41.5. The number of halogens is 6. The number of aliphatic hydroxyl groups is 1. The molecule has 0 radical (unpaired) electrons. The van der Waals surface area contributed by atoms with Gasteiger partial charge in [-0.2, -0.15) is 26.3 Å². The van der Waals surface area contributed by atoms with Gasteiger partial charge in [0, 0.05) is 25.4 Å². The van der Waals surface area contributed by atoms with E-state index in [4.69, 9.17) is 10.5 Å². The third-order valence-corrected chi connectivity index (χ3v) is 13.5. The molecule has 0 aliphatic heterocycles. The second-order valence-electron chi connectivity index (χ2n) is 14.8. The SMILES string of the molecule is CC(O)(c1cccc(C(F)(F)F)c1)c1cc2cccc(-c3cccc(C(=O)OC(C)(c4cccc(C(F)(F)F)c4)c4cc5cccc(-c6cccc(C(N)=O)c6)c5s4)c3)c2s1. The number of carbonyl (C=O) groups is 2. The summed E-state index contributed by atoms with van der Waals surface area (Å²) in [7, 11) is 0. The van der Waals surface area contributed by atoms with Crippen LogP contribution in [0.15, 0.2) is 146 Å². The first-order valence-electron chi connectivity index (χ1n) is 18.7. The zero-order valence-corrected chi connectivity index (χ0v) is 33.8. The van der Waals surface area contributed by atoms with Gasteiger partial charge in [0.2, 0.25) is 5.91 Å². The largest absolute Gasteiger partial charge is 0.445 e. The van der Waals surface area contributed by atoms with E-state index in [1.54, 1.807) is 61.5 Å². The van der Waals surface area contributed by atoms with E-state index in [1.807, 2.05) is 36.4 Å². The number of ether oxygens (including phenoxy) is 1. The Morgan fingerprint density at radius 1 is 0.541 bits per heavy atom. The molecule has 2 unspecified atom stereocenters. The molecular weight excluding hydrogens is 833 g/mol. The molecule has 0 saturated carbocycles. The first-order valence-corrected chi connectivity index (χ1v) is 20.3. The number of alkyl halides is 6. The van der Waals surface area contributed by atoms with Crippen molar-refractivity contribution in [3.63, 3.8) is 0 Å². The van der Waals surface area contributed by atoms with Crippen LogP contribution in [0.3, 0.4) is 0 Å². The molecular formula is C48H33F6NO4S2. The van der Waals surface area contributed by atoms with Gasteiger partial charge < -0.3 is 15.6 Å². The Bertz CT molecular complexity index is 3000. The summed E-state index contributed by atoms with van der Waals surface area (Å²) in [6.07, 6.45) is -9.28. The predicted molar refractivity (Wildman–Crippen MR) is 226 cm³/mol. The number of hydrogen-bond donors (Lipinski definition) is 2. The molecule has 0 aliphatic rings. The number of nitrogens with two attached hydrogens (primary N) is 1. The summed E-state index contributed by atoms with van der Waals surface area (Å²) in [5, 5.41) is 13.1. The van der Waals surface area contributed by atoms with Gasteiger partial charge in [0.15, 0.2) is 5.60 Å². The van der Waals surface area contributed by atoms with Gasteiger partial charge in [-0.1, -0.05) is 84.9 Å². The smallest absolute Gasteiger partial charge is 0.416 e. The maximum absolute atomic E-state index is 14.3. The summed E-state index contributed by atoms with van der Waals surface area (Å²) in [4.78, 5) is 27.2. The molecule has 308 valence electrons. The van der Waals surface area contributed by atoms with Crippen LogP contribution in [0.2, 0.25) is 0 Å². The molecule has 6 aromatic carbocycles. The lowest BCUT2D eigenvalue weighted by Crippen LogP contribution is -2.30. The zero-order chi connectivity index (χ0) is 43.5. The number of amides is 1. The van der Waals surface area contributed by atoms with Crippen molar-refractivity contribution in [3.05, 3.63) is 189 Å². The van der Waals surface area contributed by atoms with Crippen LogP contribution in [0.25, 0.3) is 42.4 Å². The highest BCUT2D eigenvalue weighted by atomic mass is 32.1. The summed E-state index contributed by atoms with van der Waals surface area (Å²) in [5.74, 6) is -1.42. The van der Waals surface area contributed by atoms with Crippen molar-refractivity contribution in [1.29, 1.82) is 0 Å². The minimum atomic E-state index is -4.68. The highest BCUT2D eigenvalue weighted by Gasteiger charge is 2.39. The van der Waals surface area contributed by atoms with E-state index < -0.39 is 46.6 Å². The zero-order valence-electron chi connectivity index (χ0n) is 32.2. The van der Waals surface area contributed by atoms with Gasteiger partial charge in [-0.05, 0) is 113 Å². The Morgan fingerprint density at radius 3 is 1.54 bits per heavy atom. The lowest BCUT2D eigenvalue weighted by atomic mass is 9.91. The van der Waals surface area contributed by atoms with Crippen LogP contribution in [0.1, 0.15) is 66.6 Å². The van der Waals surface area contributed by atoms with Gasteiger partial charge >= 0.3 is 18.3 Å². The van der Waals surface area contributed by atoms with Gasteiger partial charge in [-0.25, -0.2) is 4.79 Å². The topological polar surface area (TPSA) is 89.6 Å². The van der Waals surface area contributed by atoms with Crippen molar-refractivity contribution in [1.82, 2.24) is 0 Å². The fourth-order valence-corrected chi connectivity index (χ4v) is 9.90. The Balaban J connectivity index is 1.18. The van der Waals surface area contributed by atoms with Gasteiger partial charge in [-0.3, -0.25) is 4.79 Å². The first-order chi connectivity index (χ1) is 28.8. The third kappa shape index (κ3) is 7.92. The van der Waals surface area contributed by atoms with Crippen LogP contribution in [-0.2, 0) is 28.3 Å². The minimum absolute atomic E-state index is 0.0659. The molecule has 0 bridgehead atoms. The number of carbonyl (C=O) groups excluding carboxylic acids is 2. The lowest BCUT2D eigenvalue weighted by molar-refractivity contribution is -0.138. The van der Waals surface area contributed by atoms with E-state index in [2.05, 4.69) is 0 Å². The normalized spacial score (nSPS) is 14.1. The van der Waals surface area contributed by atoms with Gasteiger partial charge in [-0.15, -0.1) is 22.7 Å². The fraction of sp³-hybridized carbons (Fsp3) is 0.125. The van der Waals surface area contributed by atoms with Crippen molar-refractivity contribution in [2.75, 3.05) is 0 Å². The van der Waals surface area contributed by atoms with Crippen LogP contribution >= 0.6 is 22.7 Å². The molecule has 3 N–H and O–H groups in total. The quantitative estimate of drug-likeness (QED) is 0.112. The van der Waals surface area contributed by atoms with Gasteiger partial charge in [0.25, 0.3) is 0 Å². The van der Waals surface area contributed by atoms with Crippen LogP contribution < -0.4 is 5.73 Å². The molecule has 5 nitrogen and oxygen atoms in total. The van der Waals surface area contributed by atoms with Crippen LogP contribution in [0, 0.1) is 0 Å². The van der Waals surface area contributed by atoms with Gasteiger partial charge in [0.1, 0.15) is 5.60 Å². The van der Waals surface area contributed by atoms with Gasteiger partial charge in [0.05, 0.1) is 21.6 Å². The van der Waals surface area contributed by atoms with E-state index in [0.717, 1.165) is 39.9 Å². The van der Waals surface area contributed by atoms with Crippen molar-refractivity contribution in [2.45, 2.75) is 37.4 Å². The summed E-state index contributed by atoms with van der Waals surface area (Å²) < 4.78 is 90.8. The number of benzene rings is 6. The second-order valence-corrected chi connectivity index (χ2v) is 17.0. The molecule has 61 heavy (non-hydrogen) atoms. The summed E-state index contributed by atoms with van der Waals surface area (Å²) in [5.41, 5.74) is 3.47. The molecule has 1 amide bonds. The highest BCUT2D eigenvalue weighted by Crippen LogP contribution is 2.46. The Morgan fingerprint density at radius 2 is 0.984 bits per heavy atom. The fourth-order valence-electron chi connectivity index (χ4n) is 7.34. The Kier molecular flexibility index (Phi) is 10.4. The Hall–Kier alpha value is -6.28. The molecule has 13 heteroatoms. The predicted octanol–water partition coefficient (Wildman–Crippen LogP) is 13.0. The Labute approximate surface area is 353 Å². The number of primary amides is 1. The number of hydrogen-bond acceptors (Lipinski definition) is 6. The maximum atomic E-state index is 14.3. The van der Waals surface area contributed by atoms with Crippen molar-refractivity contribution in [2.24, 2.45) is 5.73 Å². The van der Waals surface area contributed by atoms with E-state index in [9.17, 15) is 41.0 Å². The van der Waals surface area contributed by atoms with E-state index in [-0.39, 0.29) is 16.7 Å². The standard InChI is InChI=1S/C48H33F6NO4S2/c1-45(58,33-15-7-17-35(25-33)47(49,50)51)39-23-29-11-5-20-38(41(29)60-39)28-10-4-14-32(22-28)44(57)59-46(2,34-16-8-18-36(26-34)48(52,53)54)40-24-30-12-6-19-37(42(30)61-40)27-9-3-13-31(21-27)43(55)56/h3-26,58H,1-2H3,(H2,55,56). The third-order valence-electron chi connectivity index (χ3n) is 10.7. The van der Waals surface area contributed by atoms with E-state index in [1.165, 1.54) is 59.9 Å². The van der Waals surface area contributed by atoms with Crippen molar-refractivity contribution in [3.8, 4) is 22.3 Å². The monoisotopic (exact) mass is 865 g/mol. The molecule has 2 aromatic heterocycles. The molecule has 0 fully saturated rings. The molecule has 8 rings (SSSR count). The molecule has 0 saturated heterocycles.